The van der Waals surface area contributed by atoms with Gasteiger partial charge in [0.05, 0.1) is 10.7 Å². The van der Waals surface area contributed by atoms with Crippen LogP contribution in [-0.2, 0) is 0 Å². The van der Waals surface area contributed by atoms with Crippen LogP contribution in [0.25, 0.3) is 11.1 Å². The first-order valence-electron chi connectivity index (χ1n) is 3.82. The molecule has 0 atom stereocenters. The molecule has 1 heterocycles. The number of H-pyrrole nitrogens is 1. The molecule has 0 spiro atoms. The van der Waals surface area contributed by atoms with Crippen molar-refractivity contribution in [2.45, 2.75) is 0 Å². The Labute approximate surface area is 87.1 Å². The van der Waals surface area contributed by atoms with E-state index in [0.29, 0.717) is 5.56 Å². The highest BCUT2D eigenvalue weighted by Crippen LogP contribution is 2.26. The average Bonchev–Trinajstić information content (AvgIpc) is 2.64. The van der Waals surface area contributed by atoms with Crippen molar-refractivity contribution in [1.82, 2.24) is 10.2 Å². The van der Waals surface area contributed by atoms with Crippen molar-refractivity contribution >= 4 is 15.9 Å². The Morgan fingerprint density at radius 2 is 2.00 bits per heavy atom. The van der Waals surface area contributed by atoms with Gasteiger partial charge in [-0.1, -0.05) is 0 Å². The van der Waals surface area contributed by atoms with Gasteiger partial charge in [-0.2, -0.15) is 5.10 Å². The lowest BCUT2D eigenvalue weighted by Crippen LogP contribution is -1.86. The summed E-state index contributed by atoms with van der Waals surface area (Å²) in [5, 5.41) is 6.20. The van der Waals surface area contributed by atoms with Gasteiger partial charge in [-0.15, -0.1) is 0 Å². The van der Waals surface area contributed by atoms with Gasteiger partial charge in [-0.3, -0.25) is 5.10 Å². The lowest BCUT2D eigenvalue weighted by atomic mass is 10.1. The summed E-state index contributed by atoms with van der Waals surface area (Å²) in [6.07, 6.45) is 2.94. The zero-order valence-corrected chi connectivity index (χ0v) is 8.48. The van der Waals surface area contributed by atoms with E-state index < -0.39 is 11.6 Å². The Bertz CT molecular complexity index is 454. The maximum Gasteiger partial charge on any atom is 0.138 e. The minimum absolute atomic E-state index is 0.113. The predicted molar refractivity (Wildman–Crippen MR) is 51.6 cm³/mol. The van der Waals surface area contributed by atoms with Crippen molar-refractivity contribution in [3.63, 3.8) is 0 Å². The second-order valence-corrected chi connectivity index (χ2v) is 3.59. The molecule has 2 aromatic rings. The van der Waals surface area contributed by atoms with Gasteiger partial charge < -0.3 is 0 Å². The molecule has 2 nitrogen and oxygen atoms in total. The number of aromatic nitrogens is 2. The van der Waals surface area contributed by atoms with Crippen LogP contribution in [-0.4, -0.2) is 10.2 Å². The molecule has 0 saturated heterocycles. The van der Waals surface area contributed by atoms with Crippen LogP contribution < -0.4 is 0 Å². The Hall–Kier alpha value is -1.23. The minimum Gasteiger partial charge on any atom is -0.285 e. The summed E-state index contributed by atoms with van der Waals surface area (Å²) < 4.78 is 26.6. The van der Waals surface area contributed by atoms with Crippen molar-refractivity contribution in [1.29, 1.82) is 0 Å². The number of hydrogen-bond donors (Lipinski definition) is 1. The highest BCUT2D eigenvalue weighted by Gasteiger charge is 2.10. The molecule has 0 aliphatic carbocycles. The quantitative estimate of drug-likeness (QED) is 0.783. The van der Waals surface area contributed by atoms with Gasteiger partial charge in [0.25, 0.3) is 0 Å². The number of nitrogens with zero attached hydrogens (tertiary/aromatic N) is 1. The van der Waals surface area contributed by atoms with Crippen LogP contribution in [0.15, 0.2) is 29.0 Å². The fourth-order valence-electron chi connectivity index (χ4n) is 1.14. The van der Waals surface area contributed by atoms with Gasteiger partial charge >= 0.3 is 0 Å². The average molecular weight is 259 g/mol. The lowest BCUT2D eigenvalue weighted by molar-refractivity contribution is 0.597. The van der Waals surface area contributed by atoms with E-state index in [1.165, 1.54) is 12.4 Å². The van der Waals surface area contributed by atoms with E-state index in [1.807, 2.05) is 0 Å². The minimum atomic E-state index is -0.498. The summed E-state index contributed by atoms with van der Waals surface area (Å²) in [4.78, 5) is 0. The van der Waals surface area contributed by atoms with Gasteiger partial charge in [-0.05, 0) is 28.1 Å². The Morgan fingerprint density at radius 3 is 2.64 bits per heavy atom. The second kappa shape index (κ2) is 3.49. The van der Waals surface area contributed by atoms with Crippen LogP contribution in [0.5, 0.6) is 0 Å². The van der Waals surface area contributed by atoms with Gasteiger partial charge in [-0.25, -0.2) is 8.78 Å². The van der Waals surface area contributed by atoms with E-state index in [0.717, 1.165) is 12.1 Å². The molecule has 0 aliphatic rings. The molecular formula is C9H5BrF2N2. The van der Waals surface area contributed by atoms with E-state index in [4.69, 9.17) is 0 Å². The first-order chi connectivity index (χ1) is 6.68. The normalized spacial score (nSPS) is 10.5. The van der Waals surface area contributed by atoms with Crippen LogP contribution >= 0.6 is 15.9 Å². The van der Waals surface area contributed by atoms with Crippen LogP contribution in [0.2, 0.25) is 0 Å². The number of rotatable bonds is 1. The van der Waals surface area contributed by atoms with E-state index in [2.05, 4.69) is 26.1 Å². The Balaban J connectivity index is 2.60. The van der Waals surface area contributed by atoms with E-state index in [9.17, 15) is 8.78 Å². The maximum atomic E-state index is 13.4. The molecule has 14 heavy (non-hydrogen) atoms. The van der Waals surface area contributed by atoms with E-state index in [-0.39, 0.29) is 10.0 Å². The molecular weight excluding hydrogens is 254 g/mol. The number of hydrogen-bond acceptors (Lipinski definition) is 1. The Kier molecular flexibility index (Phi) is 2.33. The zero-order valence-electron chi connectivity index (χ0n) is 6.89. The highest BCUT2D eigenvalue weighted by atomic mass is 79.9. The summed E-state index contributed by atoms with van der Waals surface area (Å²) in [6.45, 7) is 0. The third-order valence-corrected chi connectivity index (χ3v) is 2.43. The molecule has 5 heteroatoms. The molecule has 0 radical (unpaired) electrons. The van der Waals surface area contributed by atoms with Crippen molar-refractivity contribution in [2.24, 2.45) is 0 Å². The largest absolute Gasteiger partial charge is 0.285 e. The molecule has 1 aromatic carbocycles. The zero-order chi connectivity index (χ0) is 10.1. The maximum absolute atomic E-state index is 13.4. The number of benzene rings is 1. The summed E-state index contributed by atoms with van der Waals surface area (Å²) in [5.74, 6) is -0.984. The lowest BCUT2D eigenvalue weighted by Gasteiger charge is -2.01. The molecule has 72 valence electrons. The third kappa shape index (κ3) is 1.55. The first-order valence-corrected chi connectivity index (χ1v) is 4.61. The fraction of sp³-hybridized carbons (Fsp3) is 0. The van der Waals surface area contributed by atoms with E-state index >= 15 is 0 Å². The summed E-state index contributed by atoms with van der Waals surface area (Å²) in [7, 11) is 0. The predicted octanol–water partition coefficient (Wildman–Crippen LogP) is 3.12. The topological polar surface area (TPSA) is 28.7 Å². The van der Waals surface area contributed by atoms with Crippen LogP contribution in [0.3, 0.4) is 0 Å². The number of halogens is 3. The van der Waals surface area contributed by atoms with Gasteiger partial charge in [0.2, 0.25) is 0 Å². The van der Waals surface area contributed by atoms with Crippen molar-refractivity contribution in [3.8, 4) is 11.1 Å². The molecule has 0 amide bonds. The molecule has 2 rings (SSSR count). The number of aromatic amines is 1. The Morgan fingerprint density at radius 1 is 1.21 bits per heavy atom. The van der Waals surface area contributed by atoms with Gasteiger partial charge in [0.1, 0.15) is 11.6 Å². The molecule has 0 saturated carbocycles. The molecule has 0 fully saturated rings. The van der Waals surface area contributed by atoms with Gasteiger partial charge in [0.15, 0.2) is 0 Å². The summed E-state index contributed by atoms with van der Waals surface area (Å²) >= 11 is 2.91. The number of nitrogens with one attached hydrogen (secondary N) is 1. The van der Waals surface area contributed by atoms with Crippen molar-refractivity contribution in [3.05, 3.63) is 40.6 Å². The van der Waals surface area contributed by atoms with Gasteiger partial charge in [0, 0.05) is 17.3 Å². The van der Waals surface area contributed by atoms with E-state index in [1.54, 1.807) is 0 Å². The first kappa shape index (κ1) is 9.33. The van der Waals surface area contributed by atoms with Crippen LogP contribution in [0, 0.1) is 11.6 Å². The van der Waals surface area contributed by atoms with Crippen LogP contribution in [0.1, 0.15) is 0 Å². The molecule has 1 N–H and O–H groups in total. The van der Waals surface area contributed by atoms with Crippen LogP contribution in [0.4, 0.5) is 8.78 Å². The van der Waals surface area contributed by atoms with Crippen molar-refractivity contribution in [2.75, 3.05) is 0 Å². The second-order valence-electron chi connectivity index (χ2n) is 2.73. The third-order valence-electron chi connectivity index (χ3n) is 1.82. The highest BCUT2D eigenvalue weighted by molar-refractivity contribution is 9.10. The molecule has 1 aromatic heterocycles. The molecule has 0 aliphatic heterocycles. The monoisotopic (exact) mass is 258 g/mol. The molecule has 0 bridgehead atoms. The van der Waals surface area contributed by atoms with Crippen molar-refractivity contribution < 1.29 is 8.78 Å². The summed E-state index contributed by atoms with van der Waals surface area (Å²) in [5.41, 5.74) is 0.716. The summed E-state index contributed by atoms with van der Waals surface area (Å²) in [6, 6.07) is 2.22. The molecule has 0 unspecified atom stereocenters. The fourth-order valence-corrected chi connectivity index (χ4v) is 1.46. The standard InChI is InChI=1S/C9H5BrF2N2/c10-7-2-8(11)6(1-9(7)12)5-3-13-14-4-5/h1-4H,(H,13,14). The smallest absolute Gasteiger partial charge is 0.138 e. The SMILES string of the molecule is Fc1cc(-c2cn[nH]c2)c(F)cc1Br.